The number of nitrogens with one attached hydrogen (secondary N) is 1. The zero-order valence-electron chi connectivity index (χ0n) is 6.79. The highest BCUT2D eigenvalue weighted by atomic mass is 16.5. The van der Waals surface area contributed by atoms with Crippen molar-refractivity contribution < 1.29 is 14.3 Å². The molecule has 0 atom stereocenters. The topological polar surface area (TPSA) is 59.8 Å². The molecule has 0 unspecified atom stereocenters. The Hall–Kier alpha value is -1.57. The smallest absolute Gasteiger partial charge is 0.325 e. The molecule has 0 aromatic rings. The standard InChI is InChI=1S/C7H10N2O3/c1-3-12-7(11)5-9-6(10)4-8-2/h3-5H2,1H3,(H,9,10). The summed E-state index contributed by atoms with van der Waals surface area (Å²) in [6.45, 7) is 7.90. The molecule has 0 saturated heterocycles. The van der Waals surface area contributed by atoms with Crippen LogP contribution in [0.25, 0.3) is 4.85 Å². The van der Waals surface area contributed by atoms with E-state index >= 15 is 0 Å². The Balaban J connectivity index is 3.48. The first-order valence-corrected chi connectivity index (χ1v) is 3.46. The highest BCUT2D eigenvalue weighted by molar-refractivity contribution is 5.83. The average Bonchev–Trinajstić information content (AvgIpc) is 2.02. The molecule has 0 aliphatic heterocycles. The minimum Gasteiger partial charge on any atom is -0.465 e. The van der Waals surface area contributed by atoms with Crippen LogP contribution < -0.4 is 5.32 Å². The SMILES string of the molecule is [C-]#[N+]CC(=O)NCC(=O)OCC. The van der Waals surface area contributed by atoms with E-state index in [-0.39, 0.29) is 19.7 Å². The summed E-state index contributed by atoms with van der Waals surface area (Å²) in [5, 5.41) is 2.24. The number of rotatable bonds is 4. The summed E-state index contributed by atoms with van der Waals surface area (Å²) in [4.78, 5) is 24.1. The van der Waals surface area contributed by atoms with E-state index in [0.29, 0.717) is 0 Å². The summed E-state index contributed by atoms with van der Waals surface area (Å²) in [5.74, 6) is -0.950. The third kappa shape index (κ3) is 5.23. The Morgan fingerprint density at radius 1 is 1.58 bits per heavy atom. The van der Waals surface area contributed by atoms with E-state index in [1.54, 1.807) is 6.92 Å². The van der Waals surface area contributed by atoms with E-state index in [2.05, 4.69) is 14.9 Å². The van der Waals surface area contributed by atoms with Gasteiger partial charge in [-0.3, -0.25) is 9.59 Å². The lowest BCUT2D eigenvalue weighted by molar-refractivity contribution is -0.143. The molecule has 0 aliphatic rings. The Bertz CT molecular complexity index is 207. The highest BCUT2D eigenvalue weighted by Gasteiger charge is 2.06. The molecule has 5 heteroatoms. The molecule has 5 nitrogen and oxygen atoms in total. The number of esters is 1. The molecular weight excluding hydrogens is 160 g/mol. The molecule has 1 amide bonds. The lowest BCUT2D eigenvalue weighted by Gasteiger charge is -2.00. The molecule has 0 aliphatic carbocycles. The minimum absolute atomic E-state index is 0.164. The fourth-order valence-corrected chi connectivity index (χ4v) is 0.510. The second-order valence-corrected chi connectivity index (χ2v) is 1.90. The molecule has 0 fully saturated rings. The van der Waals surface area contributed by atoms with Crippen LogP contribution in [0.3, 0.4) is 0 Å². The van der Waals surface area contributed by atoms with E-state index in [0.717, 1.165) is 0 Å². The molecule has 0 aromatic heterocycles. The summed E-state index contributed by atoms with van der Waals surface area (Å²) in [7, 11) is 0. The number of nitrogens with zero attached hydrogens (tertiary/aromatic N) is 1. The predicted octanol–water partition coefficient (Wildman–Crippen LogP) is -0.415. The van der Waals surface area contributed by atoms with Gasteiger partial charge in [-0.05, 0) is 6.92 Å². The van der Waals surface area contributed by atoms with Crippen molar-refractivity contribution in [2.24, 2.45) is 0 Å². The number of carbonyl (C=O) groups is 2. The Kier molecular flexibility index (Phi) is 5.35. The number of carbonyl (C=O) groups excluding carboxylic acids is 2. The maximum atomic E-state index is 10.6. The maximum Gasteiger partial charge on any atom is 0.325 e. The van der Waals surface area contributed by atoms with Crippen molar-refractivity contribution in [2.75, 3.05) is 19.7 Å². The largest absolute Gasteiger partial charge is 0.465 e. The van der Waals surface area contributed by atoms with Crippen LogP contribution in [0.4, 0.5) is 0 Å². The van der Waals surface area contributed by atoms with Crippen molar-refractivity contribution in [1.29, 1.82) is 0 Å². The summed E-state index contributed by atoms with van der Waals surface area (Å²) in [6.07, 6.45) is 0. The van der Waals surface area contributed by atoms with Crippen molar-refractivity contribution >= 4 is 11.9 Å². The summed E-state index contributed by atoms with van der Waals surface area (Å²) in [6, 6.07) is 0. The predicted molar refractivity (Wildman–Crippen MR) is 41.1 cm³/mol. The number of amides is 1. The van der Waals surface area contributed by atoms with Crippen LogP contribution in [0.1, 0.15) is 6.92 Å². The average molecular weight is 170 g/mol. The fourth-order valence-electron chi connectivity index (χ4n) is 0.510. The van der Waals surface area contributed by atoms with E-state index in [4.69, 9.17) is 6.57 Å². The highest BCUT2D eigenvalue weighted by Crippen LogP contribution is 1.76. The van der Waals surface area contributed by atoms with Gasteiger partial charge in [0.2, 0.25) is 0 Å². The van der Waals surface area contributed by atoms with Gasteiger partial charge in [-0.1, -0.05) is 0 Å². The molecule has 66 valence electrons. The Morgan fingerprint density at radius 2 is 2.25 bits per heavy atom. The van der Waals surface area contributed by atoms with Crippen molar-refractivity contribution in [3.8, 4) is 0 Å². The molecule has 0 rings (SSSR count). The second kappa shape index (κ2) is 6.16. The van der Waals surface area contributed by atoms with Gasteiger partial charge in [0, 0.05) is 0 Å². The van der Waals surface area contributed by atoms with Gasteiger partial charge in [-0.2, -0.15) is 0 Å². The molecule has 12 heavy (non-hydrogen) atoms. The van der Waals surface area contributed by atoms with Crippen LogP contribution >= 0.6 is 0 Å². The maximum absolute atomic E-state index is 10.6. The van der Waals surface area contributed by atoms with Crippen LogP contribution in [0.5, 0.6) is 0 Å². The summed E-state index contributed by atoms with van der Waals surface area (Å²) >= 11 is 0. The Labute approximate surface area is 70.5 Å². The van der Waals surface area contributed by atoms with E-state index < -0.39 is 11.9 Å². The van der Waals surface area contributed by atoms with Gasteiger partial charge in [-0.25, -0.2) is 6.57 Å². The first-order chi connectivity index (χ1) is 5.70. The van der Waals surface area contributed by atoms with Gasteiger partial charge in [0.05, 0.1) is 6.61 Å². The second-order valence-electron chi connectivity index (χ2n) is 1.90. The van der Waals surface area contributed by atoms with Crippen LogP contribution in [0.2, 0.25) is 0 Å². The van der Waals surface area contributed by atoms with Gasteiger partial charge in [-0.15, -0.1) is 0 Å². The van der Waals surface area contributed by atoms with E-state index in [1.807, 2.05) is 0 Å². The third-order valence-electron chi connectivity index (χ3n) is 0.958. The minimum atomic E-state index is -0.490. The van der Waals surface area contributed by atoms with Crippen molar-refractivity contribution in [3.63, 3.8) is 0 Å². The van der Waals surface area contributed by atoms with Gasteiger partial charge in [0.1, 0.15) is 6.54 Å². The molecule has 0 heterocycles. The molecule has 0 aromatic carbocycles. The molecule has 0 saturated carbocycles. The van der Waals surface area contributed by atoms with Crippen molar-refractivity contribution in [1.82, 2.24) is 5.32 Å². The molecule has 0 spiro atoms. The number of hydrogen-bond acceptors (Lipinski definition) is 3. The van der Waals surface area contributed by atoms with Crippen molar-refractivity contribution in [2.45, 2.75) is 6.92 Å². The zero-order chi connectivity index (χ0) is 9.40. The molecular formula is C7H10N2O3. The number of ether oxygens (including phenoxy) is 1. The lowest BCUT2D eigenvalue weighted by atomic mass is 10.5. The molecule has 0 bridgehead atoms. The summed E-state index contributed by atoms with van der Waals surface area (Å²) in [5.41, 5.74) is 0. The van der Waals surface area contributed by atoms with Gasteiger partial charge < -0.3 is 14.9 Å². The molecule has 0 radical (unpaired) electrons. The fraction of sp³-hybridized carbons (Fsp3) is 0.571. The van der Waals surface area contributed by atoms with Gasteiger partial charge >= 0.3 is 11.9 Å². The van der Waals surface area contributed by atoms with Crippen molar-refractivity contribution in [3.05, 3.63) is 11.4 Å². The van der Waals surface area contributed by atoms with Crippen LogP contribution in [-0.4, -0.2) is 31.6 Å². The van der Waals surface area contributed by atoms with Gasteiger partial charge in [0.25, 0.3) is 6.54 Å². The van der Waals surface area contributed by atoms with Crippen LogP contribution in [0.15, 0.2) is 0 Å². The monoisotopic (exact) mass is 170 g/mol. The van der Waals surface area contributed by atoms with E-state index in [9.17, 15) is 9.59 Å². The lowest BCUT2D eigenvalue weighted by Crippen LogP contribution is -2.31. The first kappa shape index (κ1) is 10.4. The van der Waals surface area contributed by atoms with Gasteiger partial charge in [0.15, 0.2) is 0 Å². The first-order valence-electron chi connectivity index (χ1n) is 3.46. The molecule has 1 N–H and O–H groups in total. The Morgan fingerprint density at radius 3 is 2.75 bits per heavy atom. The third-order valence-corrected chi connectivity index (χ3v) is 0.958. The number of hydrogen-bond donors (Lipinski definition) is 1. The normalized spacial score (nSPS) is 8.33. The summed E-state index contributed by atoms with van der Waals surface area (Å²) < 4.78 is 4.54. The van der Waals surface area contributed by atoms with Crippen LogP contribution in [0, 0.1) is 6.57 Å². The zero-order valence-corrected chi connectivity index (χ0v) is 6.79. The van der Waals surface area contributed by atoms with Crippen LogP contribution in [-0.2, 0) is 14.3 Å². The van der Waals surface area contributed by atoms with E-state index in [1.165, 1.54) is 0 Å². The quantitative estimate of drug-likeness (QED) is 0.460.